The van der Waals surface area contributed by atoms with Crippen LogP contribution < -0.4 is 10.6 Å². The first-order valence-electron chi connectivity index (χ1n) is 8.82. The molecule has 0 bridgehead atoms. The summed E-state index contributed by atoms with van der Waals surface area (Å²) >= 11 is 0. The van der Waals surface area contributed by atoms with Crippen LogP contribution in [0.15, 0.2) is 41.7 Å². The lowest BCUT2D eigenvalue weighted by Gasteiger charge is -2.12. The van der Waals surface area contributed by atoms with Gasteiger partial charge in [0.05, 0.1) is 12.3 Å². The molecule has 0 fully saturated rings. The third kappa shape index (κ3) is 7.78. The van der Waals surface area contributed by atoms with Crippen molar-refractivity contribution in [3.63, 3.8) is 0 Å². The summed E-state index contributed by atoms with van der Waals surface area (Å²) in [5.41, 5.74) is 1.13. The van der Waals surface area contributed by atoms with Gasteiger partial charge in [0.1, 0.15) is 5.82 Å². The third-order valence-electron chi connectivity index (χ3n) is 3.75. The van der Waals surface area contributed by atoms with Crippen LogP contribution in [0.3, 0.4) is 0 Å². The van der Waals surface area contributed by atoms with Gasteiger partial charge in [0, 0.05) is 38.3 Å². The molecule has 1 heterocycles. The normalized spacial score (nSPS) is 12.2. The number of aryl methyl sites for hydroxylation is 1. The summed E-state index contributed by atoms with van der Waals surface area (Å²) in [5.74, 6) is 0.0635. The number of guanidine groups is 1. The Balaban J connectivity index is 1.99. The molecule has 7 nitrogen and oxygen atoms in total. The monoisotopic (exact) mass is 395 g/mol. The molecular weight excluding hydrogens is 369 g/mol. The SMILES string of the molecule is CCNC(=NCc1cc(F)ccc1CS(C)(=O)=O)NCCCn1cccn1. The van der Waals surface area contributed by atoms with E-state index in [1.165, 1.54) is 18.2 Å². The van der Waals surface area contributed by atoms with Gasteiger partial charge in [-0.25, -0.2) is 17.8 Å². The fourth-order valence-electron chi connectivity index (χ4n) is 2.55. The second-order valence-corrected chi connectivity index (χ2v) is 8.37. The Kier molecular flexibility index (Phi) is 7.78. The highest BCUT2D eigenvalue weighted by atomic mass is 32.2. The van der Waals surface area contributed by atoms with Crippen LogP contribution in [0.25, 0.3) is 0 Å². The average molecular weight is 396 g/mol. The molecule has 9 heteroatoms. The molecule has 0 aliphatic carbocycles. The molecule has 148 valence electrons. The van der Waals surface area contributed by atoms with Gasteiger partial charge in [-0.1, -0.05) is 6.07 Å². The number of aliphatic imine (C=N–C) groups is 1. The third-order valence-corrected chi connectivity index (χ3v) is 4.59. The standard InChI is InChI=1S/C18H26FN5O2S/c1-3-20-18(21-8-4-10-24-11-5-9-23-24)22-13-16-12-17(19)7-6-15(16)14-27(2,25)26/h5-7,9,11-12H,3-4,8,10,13-14H2,1-2H3,(H2,20,21,22). The van der Waals surface area contributed by atoms with Gasteiger partial charge in [0.25, 0.3) is 0 Å². The zero-order valence-corrected chi connectivity index (χ0v) is 16.5. The van der Waals surface area contributed by atoms with Crippen molar-refractivity contribution in [3.05, 3.63) is 53.6 Å². The lowest BCUT2D eigenvalue weighted by molar-refractivity contribution is 0.570. The minimum absolute atomic E-state index is 0.133. The van der Waals surface area contributed by atoms with Gasteiger partial charge in [0.15, 0.2) is 15.8 Å². The highest BCUT2D eigenvalue weighted by Crippen LogP contribution is 2.15. The minimum atomic E-state index is -3.21. The van der Waals surface area contributed by atoms with Gasteiger partial charge in [-0.2, -0.15) is 5.10 Å². The zero-order valence-electron chi connectivity index (χ0n) is 15.7. The Bertz CT molecular complexity index is 851. The Morgan fingerprint density at radius 3 is 2.78 bits per heavy atom. The largest absolute Gasteiger partial charge is 0.357 e. The number of aromatic nitrogens is 2. The van der Waals surface area contributed by atoms with Crippen molar-refractivity contribution < 1.29 is 12.8 Å². The van der Waals surface area contributed by atoms with E-state index < -0.39 is 15.7 Å². The molecule has 1 aromatic carbocycles. The predicted molar refractivity (Wildman–Crippen MR) is 105 cm³/mol. The Morgan fingerprint density at radius 2 is 2.11 bits per heavy atom. The van der Waals surface area contributed by atoms with Crippen molar-refractivity contribution in [2.24, 2.45) is 4.99 Å². The predicted octanol–water partition coefficient (Wildman–Crippen LogP) is 1.71. The molecule has 1 aromatic heterocycles. The van der Waals surface area contributed by atoms with Crippen molar-refractivity contribution in [1.82, 2.24) is 20.4 Å². The van der Waals surface area contributed by atoms with Crippen LogP contribution in [-0.2, 0) is 28.7 Å². The van der Waals surface area contributed by atoms with E-state index >= 15 is 0 Å². The van der Waals surface area contributed by atoms with E-state index in [2.05, 4.69) is 20.7 Å². The van der Waals surface area contributed by atoms with Crippen LogP contribution >= 0.6 is 0 Å². The van der Waals surface area contributed by atoms with E-state index in [4.69, 9.17) is 0 Å². The van der Waals surface area contributed by atoms with E-state index in [0.29, 0.717) is 30.2 Å². The summed E-state index contributed by atoms with van der Waals surface area (Å²) < 4.78 is 38.6. The second kappa shape index (κ2) is 10.1. The van der Waals surface area contributed by atoms with Crippen LogP contribution in [0.4, 0.5) is 4.39 Å². The molecular formula is C18H26FN5O2S. The summed E-state index contributed by atoms with van der Waals surface area (Å²) in [5, 5.41) is 10.5. The van der Waals surface area contributed by atoms with Gasteiger partial charge in [0.2, 0.25) is 0 Å². The van der Waals surface area contributed by atoms with Gasteiger partial charge >= 0.3 is 0 Å². The minimum Gasteiger partial charge on any atom is -0.357 e. The lowest BCUT2D eigenvalue weighted by atomic mass is 10.1. The number of sulfone groups is 1. The average Bonchev–Trinajstić information content (AvgIpc) is 3.10. The molecule has 0 saturated heterocycles. The first-order valence-corrected chi connectivity index (χ1v) is 10.9. The summed E-state index contributed by atoms with van der Waals surface area (Å²) in [4.78, 5) is 4.46. The maximum absolute atomic E-state index is 13.6. The Hall–Kier alpha value is -2.42. The molecule has 2 N–H and O–H groups in total. The molecule has 0 amide bonds. The summed E-state index contributed by atoms with van der Waals surface area (Å²) in [6.45, 7) is 4.33. The molecule has 0 radical (unpaired) electrons. The molecule has 27 heavy (non-hydrogen) atoms. The fraction of sp³-hybridized carbons (Fsp3) is 0.444. The number of benzene rings is 1. The number of hydrogen-bond acceptors (Lipinski definition) is 4. The molecule has 0 aliphatic rings. The molecule has 0 unspecified atom stereocenters. The Labute approximate surface area is 159 Å². The smallest absolute Gasteiger partial charge is 0.191 e. The van der Waals surface area contributed by atoms with E-state index in [-0.39, 0.29) is 12.3 Å². The van der Waals surface area contributed by atoms with Gasteiger partial charge in [-0.3, -0.25) is 4.68 Å². The number of nitrogens with one attached hydrogen (secondary N) is 2. The number of nitrogens with zero attached hydrogens (tertiary/aromatic N) is 3. The van der Waals surface area contributed by atoms with Gasteiger partial charge < -0.3 is 10.6 Å². The first-order chi connectivity index (χ1) is 12.9. The van der Waals surface area contributed by atoms with E-state index in [1.807, 2.05) is 23.9 Å². The molecule has 2 rings (SSSR count). The van der Waals surface area contributed by atoms with Crippen molar-refractivity contribution in [2.45, 2.75) is 32.2 Å². The topological polar surface area (TPSA) is 88.4 Å². The van der Waals surface area contributed by atoms with Crippen molar-refractivity contribution >= 4 is 15.8 Å². The first kappa shape index (κ1) is 20.9. The van der Waals surface area contributed by atoms with Crippen LogP contribution in [0.2, 0.25) is 0 Å². The molecule has 0 saturated carbocycles. The quantitative estimate of drug-likeness (QED) is 0.383. The maximum Gasteiger partial charge on any atom is 0.191 e. The zero-order chi connectivity index (χ0) is 19.7. The van der Waals surface area contributed by atoms with E-state index in [1.54, 1.807) is 6.20 Å². The van der Waals surface area contributed by atoms with Gasteiger partial charge in [-0.05, 0) is 42.7 Å². The van der Waals surface area contributed by atoms with Crippen molar-refractivity contribution in [3.8, 4) is 0 Å². The van der Waals surface area contributed by atoms with Crippen LogP contribution in [-0.4, -0.2) is 43.5 Å². The molecule has 2 aromatic rings. The van der Waals surface area contributed by atoms with Gasteiger partial charge in [-0.15, -0.1) is 0 Å². The molecule has 0 aliphatic heterocycles. The number of rotatable bonds is 9. The number of halogens is 1. The van der Waals surface area contributed by atoms with Crippen molar-refractivity contribution in [1.29, 1.82) is 0 Å². The van der Waals surface area contributed by atoms with E-state index in [9.17, 15) is 12.8 Å². The lowest BCUT2D eigenvalue weighted by Crippen LogP contribution is -2.38. The summed E-state index contributed by atoms with van der Waals surface area (Å²) in [6.07, 6.45) is 5.68. The van der Waals surface area contributed by atoms with Crippen LogP contribution in [0.1, 0.15) is 24.5 Å². The van der Waals surface area contributed by atoms with Crippen LogP contribution in [0, 0.1) is 5.82 Å². The maximum atomic E-state index is 13.6. The molecule has 0 atom stereocenters. The highest BCUT2D eigenvalue weighted by molar-refractivity contribution is 7.89. The molecule has 0 spiro atoms. The summed E-state index contributed by atoms with van der Waals surface area (Å²) in [7, 11) is -3.21. The Morgan fingerprint density at radius 1 is 1.30 bits per heavy atom. The van der Waals surface area contributed by atoms with Crippen LogP contribution in [0.5, 0.6) is 0 Å². The van der Waals surface area contributed by atoms with Crippen molar-refractivity contribution in [2.75, 3.05) is 19.3 Å². The summed E-state index contributed by atoms with van der Waals surface area (Å²) in [6, 6.07) is 6.00. The highest BCUT2D eigenvalue weighted by Gasteiger charge is 2.10. The fourth-order valence-corrected chi connectivity index (χ4v) is 3.40. The number of hydrogen-bond donors (Lipinski definition) is 2. The second-order valence-electron chi connectivity index (χ2n) is 6.23. The van der Waals surface area contributed by atoms with E-state index in [0.717, 1.165) is 19.2 Å².